The summed E-state index contributed by atoms with van der Waals surface area (Å²) in [6, 6.07) is 2.47. The minimum atomic E-state index is 0.617. The first kappa shape index (κ1) is 21.3. The summed E-state index contributed by atoms with van der Waals surface area (Å²) in [6.45, 7) is 13.6. The van der Waals surface area contributed by atoms with Crippen molar-refractivity contribution in [1.82, 2.24) is 0 Å². The first-order chi connectivity index (χ1) is 11.5. The largest absolute Gasteiger partial charge is 0.198 e. The lowest BCUT2D eigenvalue weighted by Crippen LogP contribution is -2.18. The summed E-state index contributed by atoms with van der Waals surface area (Å²) in [5, 5.41) is 9.24. The molecule has 0 amide bonds. The maximum Gasteiger partial charge on any atom is 0.0624 e. The standard InChI is InChI=1S/C23H41N/c1-6-9-10-20(7-2)17-21-13-18(4)15-22(8-3)23(11-12-24)16-19(5)14-21/h7,18-23H,2,6,8-11,13-17H2,1,3-5H3. The lowest BCUT2D eigenvalue weighted by atomic mass is 9.78. The van der Waals surface area contributed by atoms with Crippen molar-refractivity contribution < 1.29 is 0 Å². The summed E-state index contributed by atoms with van der Waals surface area (Å²) in [5.41, 5.74) is 0. The molecule has 0 heterocycles. The lowest BCUT2D eigenvalue weighted by Gasteiger charge is -2.27. The zero-order valence-electron chi connectivity index (χ0n) is 16.8. The van der Waals surface area contributed by atoms with Crippen LogP contribution in [0.25, 0.3) is 0 Å². The second-order valence-electron chi connectivity index (χ2n) is 8.68. The van der Waals surface area contributed by atoms with E-state index in [0.29, 0.717) is 11.8 Å². The van der Waals surface area contributed by atoms with Crippen molar-refractivity contribution in [1.29, 1.82) is 5.26 Å². The molecule has 1 rings (SSSR count). The van der Waals surface area contributed by atoms with Crippen LogP contribution in [-0.4, -0.2) is 0 Å². The van der Waals surface area contributed by atoms with Gasteiger partial charge in [0, 0.05) is 6.42 Å². The Labute approximate surface area is 151 Å². The van der Waals surface area contributed by atoms with Crippen LogP contribution in [0.2, 0.25) is 0 Å². The van der Waals surface area contributed by atoms with Gasteiger partial charge in [-0.05, 0) is 74.0 Å². The van der Waals surface area contributed by atoms with Crippen molar-refractivity contribution >= 4 is 0 Å². The summed E-state index contributed by atoms with van der Waals surface area (Å²) in [7, 11) is 0. The van der Waals surface area contributed by atoms with E-state index in [1.165, 1.54) is 57.8 Å². The molecule has 6 atom stereocenters. The van der Waals surface area contributed by atoms with Gasteiger partial charge in [0.25, 0.3) is 0 Å². The first-order valence-electron chi connectivity index (χ1n) is 10.5. The van der Waals surface area contributed by atoms with Gasteiger partial charge < -0.3 is 0 Å². The average Bonchev–Trinajstić information content (AvgIpc) is 2.60. The highest BCUT2D eigenvalue weighted by Gasteiger charge is 2.29. The number of unbranched alkanes of at least 4 members (excludes halogenated alkanes) is 1. The van der Waals surface area contributed by atoms with Crippen LogP contribution in [0.1, 0.15) is 91.9 Å². The zero-order valence-corrected chi connectivity index (χ0v) is 16.8. The molecule has 0 N–H and O–H groups in total. The van der Waals surface area contributed by atoms with Crippen LogP contribution in [0.15, 0.2) is 12.7 Å². The molecule has 0 aliphatic heterocycles. The SMILES string of the molecule is C=CC(CCCC)CC1CC(C)CC(CC)C(CC#N)CC(C)C1. The van der Waals surface area contributed by atoms with Gasteiger partial charge in [-0.3, -0.25) is 0 Å². The van der Waals surface area contributed by atoms with E-state index in [1.54, 1.807) is 0 Å². The lowest BCUT2D eigenvalue weighted by molar-refractivity contribution is 0.240. The van der Waals surface area contributed by atoms with Crippen LogP contribution in [0.3, 0.4) is 0 Å². The van der Waals surface area contributed by atoms with Gasteiger partial charge in [0.1, 0.15) is 0 Å². The Balaban J connectivity index is 2.77. The van der Waals surface area contributed by atoms with Gasteiger partial charge in [-0.15, -0.1) is 6.58 Å². The fraction of sp³-hybridized carbons (Fsp3) is 0.870. The molecule has 1 nitrogen and oxygen atoms in total. The Morgan fingerprint density at radius 2 is 1.71 bits per heavy atom. The maximum atomic E-state index is 9.24. The van der Waals surface area contributed by atoms with E-state index < -0.39 is 0 Å². The topological polar surface area (TPSA) is 23.8 Å². The van der Waals surface area contributed by atoms with Crippen LogP contribution in [0, 0.1) is 46.8 Å². The smallest absolute Gasteiger partial charge is 0.0624 e. The molecule has 6 unspecified atom stereocenters. The van der Waals surface area contributed by atoms with Crippen LogP contribution >= 0.6 is 0 Å². The van der Waals surface area contributed by atoms with E-state index >= 15 is 0 Å². The molecule has 138 valence electrons. The van der Waals surface area contributed by atoms with Crippen LogP contribution in [0.5, 0.6) is 0 Å². The Morgan fingerprint density at radius 3 is 2.21 bits per heavy atom. The van der Waals surface area contributed by atoms with E-state index in [4.69, 9.17) is 0 Å². The third-order valence-electron chi connectivity index (χ3n) is 6.32. The molecular formula is C23H41N. The molecule has 0 radical (unpaired) electrons. The van der Waals surface area contributed by atoms with Crippen molar-refractivity contribution in [2.45, 2.75) is 91.9 Å². The van der Waals surface area contributed by atoms with Gasteiger partial charge in [0.15, 0.2) is 0 Å². The molecule has 1 saturated carbocycles. The quantitative estimate of drug-likeness (QED) is 0.425. The summed E-state index contributed by atoms with van der Waals surface area (Å²) >= 11 is 0. The number of nitrogens with zero attached hydrogens (tertiary/aromatic N) is 1. The molecule has 0 aromatic carbocycles. The fourth-order valence-electron chi connectivity index (χ4n) is 5.13. The Hall–Kier alpha value is -0.770. The molecule has 24 heavy (non-hydrogen) atoms. The molecule has 0 aromatic rings. The number of hydrogen-bond acceptors (Lipinski definition) is 1. The highest BCUT2D eigenvalue weighted by atomic mass is 14.4. The first-order valence-corrected chi connectivity index (χ1v) is 10.5. The van der Waals surface area contributed by atoms with E-state index in [9.17, 15) is 5.26 Å². The molecule has 1 fully saturated rings. The van der Waals surface area contributed by atoms with Crippen LogP contribution < -0.4 is 0 Å². The van der Waals surface area contributed by atoms with Gasteiger partial charge in [0.05, 0.1) is 6.07 Å². The zero-order chi connectivity index (χ0) is 17.9. The van der Waals surface area contributed by atoms with Crippen LogP contribution in [0.4, 0.5) is 0 Å². The minimum absolute atomic E-state index is 0.617. The molecule has 0 saturated heterocycles. The normalized spacial score (nSPS) is 32.9. The molecule has 1 heteroatoms. The van der Waals surface area contributed by atoms with Crippen molar-refractivity contribution in [2.24, 2.45) is 35.5 Å². The Morgan fingerprint density at radius 1 is 1.08 bits per heavy atom. The van der Waals surface area contributed by atoms with Gasteiger partial charge in [-0.1, -0.05) is 53.0 Å². The van der Waals surface area contributed by atoms with Crippen LogP contribution in [-0.2, 0) is 0 Å². The second kappa shape index (κ2) is 11.7. The minimum Gasteiger partial charge on any atom is -0.198 e. The average molecular weight is 332 g/mol. The summed E-state index contributed by atoms with van der Waals surface area (Å²) in [6.07, 6.45) is 14.8. The van der Waals surface area contributed by atoms with Gasteiger partial charge in [0.2, 0.25) is 0 Å². The van der Waals surface area contributed by atoms with Crippen molar-refractivity contribution in [3.05, 3.63) is 12.7 Å². The van der Waals surface area contributed by atoms with E-state index in [0.717, 1.165) is 30.1 Å². The third kappa shape index (κ3) is 7.42. The maximum absolute atomic E-state index is 9.24. The number of allylic oxidation sites excluding steroid dienone is 1. The van der Waals surface area contributed by atoms with E-state index in [1.807, 2.05) is 0 Å². The summed E-state index contributed by atoms with van der Waals surface area (Å²) in [4.78, 5) is 0. The molecule has 0 bridgehead atoms. The molecule has 1 aliphatic carbocycles. The number of hydrogen-bond donors (Lipinski definition) is 0. The molecule has 0 aromatic heterocycles. The monoisotopic (exact) mass is 331 g/mol. The van der Waals surface area contributed by atoms with Crippen molar-refractivity contribution in [2.75, 3.05) is 0 Å². The molecule has 1 aliphatic rings. The highest BCUT2D eigenvalue weighted by Crippen LogP contribution is 2.39. The van der Waals surface area contributed by atoms with Crippen molar-refractivity contribution in [3.63, 3.8) is 0 Å². The van der Waals surface area contributed by atoms with Gasteiger partial charge >= 0.3 is 0 Å². The number of rotatable bonds is 8. The Bertz CT molecular complexity index is 380. The van der Waals surface area contributed by atoms with Gasteiger partial charge in [-0.25, -0.2) is 0 Å². The third-order valence-corrected chi connectivity index (χ3v) is 6.32. The second-order valence-corrected chi connectivity index (χ2v) is 8.68. The van der Waals surface area contributed by atoms with Gasteiger partial charge in [-0.2, -0.15) is 5.26 Å². The summed E-state index contributed by atoms with van der Waals surface area (Å²) < 4.78 is 0. The molecular weight excluding hydrogens is 290 g/mol. The highest BCUT2D eigenvalue weighted by molar-refractivity contribution is 4.87. The summed E-state index contributed by atoms with van der Waals surface area (Å²) in [5.74, 6) is 4.45. The van der Waals surface area contributed by atoms with Crippen molar-refractivity contribution in [3.8, 4) is 6.07 Å². The van der Waals surface area contributed by atoms with E-state index in [2.05, 4.69) is 46.4 Å². The predicted octanol–water partition coefficient (Wildman–Crippen LogP) is 7.39. The Kier molecular flexibility index (Phi) is 10.4. The van der Waals surface area contributed by atoms with E-state index in [-0.39, 0.29) is 0 Å². The number of nitriles is 1. The fourth-order valence-corrected chi connectivity index (χ4v) is 5.13. The predicted molar refractivity (Wildman–Crippen MR) is 106 cm³/mol. The molecule has 0 spiro atoms.